The maximum absolute atomic E-state index is 11.1. The van der Waals surface area contributed by atoms with E-state index in [1.165, 1.54) is 12.8 Å². The van der Waals surface area contributed by atoms with Crippen LogP contribution in [0.5, 0.6) is 0 Å². The average Bonchev–Trinajstić information content (AvgIpc) is 2.19. The van der Waals surface area contributed by atoms with E-state index in [9.17, 15) is 4.79 Å². The van der Waals surface area contributed by atoms with Crippen LogP contribution < -0.4 is 0 Å². The number of unbranched alkanes of at least 4 members (excludes halogenated alkanes) is 2. The molecular weight excluding hydrogens is 194 g/mol. The molecule has 0 aliphatic rings. The Morgan fingerprint density at radius 1 is 1.50 bits per heavy atom. The van der Waals surface area contributed by atoms with Crippen molar-refractivity contribution in [2.45, 2.75) is 32.6 Å². The SMILES string of the molecule is CCCCCc1cccnc1C(=O)S. The number of aryl methyl sites for hydroxylation is 1. The number of nitrogens with zero attached hydrogens (tertiary/aromatic N) is 1. The van der Waals surface area contributed by atoms with E-state index in [4.69, 9.17) is 0 Å². The van der Waals surface area contributed by atoms with Gasteiger partial charge in [0, 0.05) is 6.20 Å². The van der Waals surface area contributed by atoms with E-state index < -0.39 is 0 Å². The van der Waals surface area contributed by atoms with Crippen molar-refractivity contribution in [1.29, 1.82) is 0 Å². The maximum Gasteiger partial charge on any atom is 0.234 e. The number of hydrogen-bond donors (Lipinski definition) is 1. The predicted molar refractivity (Wildman–Crippen MR) is 60.8 cm³/mol. The maximum atomic E-state index is 11.1. The summed E-state index contributed by atoms with van der Waals surface area (Å²) in [5.41, 5.74) is 1.52. The van der Waals surface area contributed by atoms with E-state index in [-0.39, 0.29) is 5.12 Å². The lowest BCUT2D eigenvalue weighted by Crippen LogP contribution is -2.00. The highest BCUT2D eigenvalue weighted by atomic mass is 32.1. The summed E-state index contributed by atoms with van der Waals surface area (Å²) in [6, 6.07) is 3.81. The fraction of sp³-hybridized carbons (Fsp3) is 0.455. The Balaban J connectivity index is 2.69. The molecule has 0 aliphatic carbocycles. The number of carbonyl (C=O) groups is 1. The van der Waals surface area contributed by atoms with Crippen molar-refractivity contribution in [3.05, 3.63) is 29.6 Å². The average molecular weight is 209 g/mol. The molecule has 1 aromatic heterocycles. The molecule has 0 spiro atoms. The summed E-state index contributed by atoms with van der Waals surface area (Å²) in [7, 11) is 0. The zero-order valence-corrected chi connectivity index (χ0v) is 9.26. The Morgan fingerprint density at radius 2 is 2.29 bits per heavy atom. The van der Waals surface area contributed by atoms with Crippen LogP contribution in [0.25, 0.3) is 0 Å². The van der Waals surface area contributed by atoms with Gasteiger partial charge in [0.05, 0.1) is 0 Å². The van der Waals surface area contributed by atoms with Crippen LogP contribution in [0.1, 0.15) is 42.2 Å². The Hall–Kier alpha value is -0.830. The molecule has 1 aromatic rings. The molecule has 0 fully saturated rings. The first-order chi connectivity index (χ1) is 6.75. The first-order valence-electron chi connectivity index (χ1n) is 4.93. The molecule has 2 nitrogen and oxygen atoms in total. The molecule has 0 atom stereocenters. The van der Waals surface area contributed by atoms with Crippen molar-refractivity contribution in [2.75, 3.05) is 0 Å². The van der Waals surface area contributed by atoms with Crippen molar-refractivity contribution in [3.63, 3.8) is 0 Å². The summed E-state index contributed by atoms with van der Waals surface area (Å²) < 4.78 is 0. The van der Waals surface area contributed by atoms with Gasteiger partial charge in [-0.05, 0) is 24.5 Å². The Morgan fingerprint density at radius 3 is 2.93 bits per heavy atom. The molecule has 0 aromatic carbocycles. The van der Waals surface area contributed by atoms with Crippen LogP contribution in [0.3, 0.4) is 0 Å². The lowest BCUT2D eigenvalue weighted by Gasteiger charge is -2.03. The normalized spacial score (nSPS) is 10.1. The second kappa shape index (κ2) is 5.81. The molecule has 1 rings (SSSR count). The van der Waals surface area contributed by atoms with Crippen molar-refractivity contribution in [1.82, 2.24) is 4.98 Å². The largest absolute Gasteiger partial charge is 0.280 e. The zero-order chi connectivity index (χ0) is 10.4. The molecular formula is C11H15NOS. The van der Waals surface area contributed by atoms with Gasteiger partial charge in [-0.2, -0.15) is 0 Å². The van der Waals surface area contributed by atoms with E-state index in [0.29, 0.717) is 5.69 Å². The van der Waals surface area contributed by atoms with Gasteiger partial charge in [-0.15, -0.1) is 0 Å². The molecule has 0 saturated heterocycles. The summed E-state index contributed by atoms with van der Waals surface area (Å²) in [4.78, 5) is 15.1. The lowest BCUT2D eigenvalue weighted by atomic mass is 10.1. The molecule has 0 bridgehead atoms. The highest BCUT2D eigenvalue weighted by Gasteiger charge is 2.07. The Bertz CT molecular complexity index is 312. The van der Waals surface area contributed by atoms with E-state index in [1.54, 1.807) is 6.20 Å². The van der Waals surface area contributed by atoms with Crippen LogP contribution in [-0.2, 0) is 6.42 Å². The summed E-state index contributed by atoms with van der Waals surface area (Å²) in [5.74, 6) is 0. The van der Waals surface area contributed by atoms with Crippen molar-refractivity contribution in [2.24, 2.45) is 0 Å². The van der Waals surface area contributed by atoms with Crippen molar-refractivity contribution < 1.29 is 4.79 Å². The smallest absolute Gasteiger partial charge is 0.234 e. The molecule has 0 amide bonds. The van der Waals surface area contributed by atoms with Gasteiger partial charge < -0.3 is 0 Å². The molecule has 0 unspecified atom stereocenters. The first kappa shape index (κ1) is 11.2. The molecule has 0 saturated carbocycles. The topological polar surface area (TPSA) is 30.0 Å². The molecule has 0 aliphatic heterocycles. The van der Waals surface area contributed by atoms with Gasteiger partial charge in [-0.3, -0.25) is 9.78 Å². The Kier molecular flexibility index (Phi) is 4.66. The molecule has 76 valence electrons. The molecule has 14 heavy (non-hydrogen) atoms. The second-order valence-electron chi connectivity index (χ2n) is 3.27. The number of thiol groups is 1. The first-order valence-corrected chi connectivity index (χ1v) is 5.37. The van der Waals surface area contributed by atoms with E-state index in [2.05, 4.69) is 24.5 Å². The van der Waals surface area contributed by atoms with Crippen LogP contribution in [-0.4, -0.2) is 10.1 Å². The number of rotatable bonds is 5. The fourth-order valence-electron chi connectivity index (χ4n) is 1.40. The minimum Gasteiger partial charge on any atom is -0.280 e. The van der Waals surface area contributed by atoms with Crippen LogP contribution in [0.15, 0.2) is 18.3 Å². The molecule has 0 N–H and O–H groups in total. The fourth-order valence-corrected chi connectivity index (χ4v) is 1.60. The summed E-state index contributed by atoms with van der Waals surface area (Å²) >= 11 is 3.80. The van der Waals surface area contributed by atoms with E-state index >= 15 is 0 Å². The summed E-state index contributed by atoms with van der Waals surface area (Å²) in [6.45, 7) is 2.16. The quantitative estimate of drug-likeness (QED) is 0.597. The molecule has 3 heteroatoms. The third kappa shape index (κ3) is 3.14. The lowest BCUT2D eigenvalue weighted by molar-refractivity contribution is 0.108. The summed E-state index contributed by atoms with van der Waals surface area (Å²) in [5, 5.41) is -0.239. The van der Waals surface area contributed by atoms with Crippen molar-refractivity contribution >= 4 is 17.7 Å². The number of aromatic nitrogens is 1. The van der Waals surface area contributed by atoms with Gasteiger partial charge in [-0.1, -0.05) is 38.5 Å². The van der Waals surface area contributed by atoms with Crippen LogP contribution in [0.4, 0.5) is 0 Å². The van der Waals surface area contributed by atoms with E-state index in [0.717, 1.165) is 18.4 Å². The highest BCUT2D eigenvalue weighted by Crippen LogP contribution is 2.12. The second-order valence-corrected chi connectivity index (χ2v) is 3.68. The van der Waals surface area contributed by atoms with Gasteiger partial charge >= 0.3 is 0 Å². The van der Waals surface area contributed by atoms with Gasteiger partial charge in [0.1, 0.15) is 5.69 Å². The number of carbonyl (C=O) groups excluding carboxylic acids is 1. The highest BCUT2D eigenvalue weighted by molar-refractivity contribution is 7.97. The van der Waals surface area contributed by atoms with Gasteiger partial charge in [0.15, 0.2) is 0 Å². The predicted octanol–water partition coefficient (Wildman–Crippen LogP) is 2.88. The zero-order valence-electron chi connectivity index (χ0n) is 8.36. The molecule has 1 heterocycles. The standard InChI is InChI=1S/C11H15NOS/c1-2-3-4-6-9-7-5-8-12-10(9)11(13)14/h5,7-8H,2-4,6H2,1H3,(H,13,14). The van der Waals surface area contributed by atoms with E-state index in [1.807, 2.05) is 12.1 Å². The van der Waals surface area contributed by atoms with Gasteiger partial charge in [0.2, 0.25) is 5.12 Å². The van der Waals surface area contributed by atoms with Crippen LogP contribution in [0.2, 0.25) is 0 Å². The third-order valence-electron chi connectivity index (χ3n) is 2.14. The molecule has 0 radical (unpaired) electrons. The van der Waals surface area contributed by atoms with Crippen LogP contribution in [0, 0.1) is 0 Å². The van der Waals surface area contributed by atoms with Crippen molar-refractivity contribution in [3.8, 4) is 0 Å². The minimum atomic E-state index is -0.239. The van der Waals surface area contributed by atoms with Gasteiger partial charge in [-0.25, -0.2) is 0 Å². The summed E-state index contributed by atoms with van der Waals surface area (Å²) in [6.07, 6.45) is 6.03. The minimum absolute atomic E-state index is 0.239. The third-order valence-corrected chi connectivity index (χ3v) is 2.36. The number of hydrogen-bond acceptors (Lipinski definition) is 2. The van der Waals surface area contributed by atoms with Gasteiger partial charge in [0.25, 0.3) is 0 Å². The monoisotopic (exact) mass is 209 g/mol. The Labute approximate surface area is 90.2 Å². The number of pyridine rings is 1. The van der Waals surface area contributed by atoms with Crippen LogP contribution >= 0.6 is 12.6 Å².